The van der Waals surface area contributed by atoms with Crippen molar-refractivity contribution in [2.24, 2.45) is 0 Å². The second-order valence-corrected chi connectivity index (χ2v) is 10.2. The number of sulfonamides is 1. The lowest BCUT2D eigenvalue weighted by Gasteiger charge is -2.36. The van der Waals surface area contributed by atoms with E-state index < -0.39 is 16.1 Å². The first-order valence-corrected chi connectivity index (χ1v) is 12.7. The molecule has 4 rings (SSSR count). The molecule has 0 aliphatic carbocycles. The predicted octanol–water partition coefficient (Wildman–Crippen LogP) is 2.19. The highest BCUT2D eigenvalue weighted by molar-refractivity contribution is 7.89. The molecule has 0 bridgehead atoms. The quantitative estimate of drug-likeness (QED) is 0.670. The Hall–Kier alpha value is -2.95. The third-order valence-electron chi connectivity index (χ3n) is 6.25. The molecule has 1 unspecified atom stereocenters. The zero-order valence-electron chi connectivity index (χ0n) is 19.3. The summed E-state index contributed by atoms with van der Waals surface area (Å²) >= 11 is 0. The van der Waals surface area contributed by atoms with Gasteiger partial charge in [0, 0.05) is 26.6 Å². The van der Waals surface area contributed by atoms with Crippen molar-refractivity contribution in [2.75, 3.05) is 45.3 Å². The monoisotopic (exact) mass is 487 g/mol. The van der Waals surface area contributed by atoms with Crippen molar-refractivity contribution in [3.63, 3.8) is 0 Å². The van der Waals surface area contributed by atoms with Crippen LogP contribution in [0.3, 0.4) is 0 Å². The van der Waals surface area contributed by atoms with Gasteiger partial charge in [-0.15, -0.1) is 0 Å². The number of rotatable bonds is 6. The molecule has 2 aromatic rings. The summed E-state index contributed by atoms with van der Waals surface area (Å²) in [5, 5.41) is 2.80. The minimum absolute atomic E-state index is 0.0419. The fourth-order valence-electron chi connectivity index (χ4n) is 4.51. The van der Waals surface area contributed by atoms with Crippen LogP contribution in [0, 0.1) is 0 Å². The minimum Gasteiger partial charge on any atom is -0.495 e. The number of anilines is 1. The van der Waals surface area contributed by atoms with Crippen molar-refractivity contribution in [1.29, 1.82) is 0 Å². The number of nitrogens with one attached hydrogen (secondary N) is 1. The average molecular weight is 488 g/mol. The largest absolute Gasteiger partial charge is 0.495 e. The van der Waals surface area contributed by atoms with Gasteiger partial charge in [0.1, 0.15) is 5.75 Å². The molecule has 1 N–H and O–H groups in total. The fourth-order valence-corrected chi connectivity index (χ4v) is 5.94. The van der Waals surface area contributed by atoms with Crippen molar-refractivity contribution >= 4 is 27.5 Å². The second-order valence-electron chi connectivity index (χ2n) is 8.31. The fraction of sp³-hybridized carbons (Fsp3) is 0.417. The summed E-state index contributed by atoms with van der Waals surface area (Å²) in [6, 6.07) is 11.8. The summed E-state index contributed by atoms with van der Waals surface area (Å²) in [6.07, 6.45) is 0.781. The maximum absolute atomic E-state index is 13.1. The molecule has 2 heterocycles. The molecule has 9 nitrogen and oxygen atoms in total. The number of morpholine rings is 1. The van der Waals surface area contributed by atoms with Gasteiger partial charge in [-0.25, -0.2) is 8.42 Å². The first-order chi connectivity index (χ1) is 16.3. The number of methoxy groups -OCH3 is 1. The summed E-state index contributed by atoms with van der Waals surface area (Å²) in [5.41, 5.74) is 2.34. The molecule has 1 fully saturated rings. The van der Waals surface area contributed by atoms with Gasteiger partial charge in [0.05, 0.1) is 43.4 Å². The summed E-state index contributed by atoms with van der Waals surface area (Å²) < 4.78 is 38.1. The van der Waals surface area contributed by atoms with Crippen LogP contribution < -0.4 is 10.1 Å². The van der Waals surface area contributed by atoms with E-state index in [1.165, 1.54) is 36.5 Å². The van der Waals surface area contributed by atoms with Crippen LogP contribution >= 0.6 is 0 Å². The topological polar surface area (TPSA) is 105 Å². The molecule has 0 radical (unpaired) electrons. The molecule has 0 aromatic heterocycles. The standard InChI is InChI=1S/C24H29N3O6S/c1-17(28)27-10-9-18-5-3-4-6-20(18)22(27)16-24(29)25-21-15-19(7-8-23(21)32-2)34(30,31)26-11-13-33-14-12-26/h3-8,15,22H,9-14,16H2,1-2H3,(H,25,29). The van der Waals surface area contributed by atoms with Gasteiger partial charge in [0.15, 0.2) is 0 Å². The van der Waals surface area contributed by atoms with Crippen LogP contribution in [-0.2, 0) is 30.8 Å². The van der Waals surface area contributed by atoms with E-state index in [-0.39, 0.29) is 41.9 Å². The van der Waals surface area contributed by atoms with E-state index in [4.69, 9.17) is 9.47 Å². The Morgan fingerprint density at radius 3 is 2.56 bits per heavy atom. The Labute approximate surface area is 199 Å². The van der Waals surface area contributed by atoms with Crippen LogP contribution in [0.15, 0.2) is 47.4 Å². The number of hydrogen-bond acceptors (Lipinski definition) is 6. The number of fused-ring (bicyclic) bond motifs is 1. The summed E-state index contributed by atoms with van der Waals surface area (Å²) in [6.45, 7) is 3.28. The van der Waals surface area contributed by atoms with Crippen molar-refractivity contribution < 1.29 is 27.5 Å². The first-order valence-electron chi connectivity index (χ1n) is 11.2. The molecule has 2 aliphatic rings. The minimum atomic E-state index is -3.74. The van der Waals surface area contributed by atoms with Crippen LogP contribution in [0.5, 0.6) is 5.75 Å². The Morgan fingerprint density at radius 2 is 1.85 bits per heavy atom. The molecule has 1 atom stereocenters. The summed E-state index contributed by atoms with van der Waals surface area (Å²) in [4.78, 5) is 27.1. The number of nitrogens with zero attached hydrogens (tertiary/aromatic N) is 2. The van der Waals surface area contributed by atoms with Crippen LogP contribution in [0.25, 0.3) is 0 Å². The lowest BCUT2D eigenvalue weighted by atomic mass is 9.90. The average Bonchev–Trinajstić information content (AvgIpc) is 2.84. The van der Waals surface area contributed by atoms with E-state index in [1.54, 1.807) is 4.90 Å². The maximum Gasteiger partial charge on any atom is 0.243 e. The van der Waals surface area contributed by atoms with Gasteiger partial charge in [0.2, 0.25) is 21.8 Å². The van der Waals surface area contributed by atoms with Crippen molar-refractivity contribution in [2.45, 2.75) is 30.7 Å². The highest BCUT2D eigenvalue weighted by atomic mass is 32.2. The lowest BCUT2D eigenvalue weighted by Crippen LogP contribution is -2.40. The van der Waals surface area contributed by atoms with Crippen molar-refractivity contribution in [1.82, 2.24) is 9.21 Å². The number of ether oxygens (including phenoxy) is 2. The van der Waals surface area contributed by atoms with Gasteiger partial charge < -0.3 is 19.7 Å². The Balaban J connectivity index is 1.58. The second kappa shape index (κ2) is 10.1. The van der Waals surface area contributed by atoms with E-state index in [1.807, 2.05) is 24.3 Å². The third-order valence-corrected chi connectivity index (χ3v) is 8.14. The lowest BCUT2D eigenvalue weighted by molar-refractivity contribution is -0.132. The van der Waals surface area contributed by atoms with Crippen LogP contribution in [0.1, 0.15) is 30.5 Å². The molecule has 0 saturated carbocycles. The van der Waals surface area contributed by atoms with E-state index in [9.17, 15) is 18.0 Å². The van der Waals surface area contributed by atoms with Crippen molar-refractivity contribution in [3.8, 4) is 5.75 Å². The number of amides is 2. The van der Waals surface area contributed by atoms with E-state index in [2.05, 4.69) is 5.32 Å². The van der Waals surface area contributed by atoms with Gasteiger partial charge in [-0.05, 0) is 35.7 Å². The molecule has 1 saturated heterocycles. The van der Waals surface area contributed by atoms with E-state index >= 15 is 0 Å². The van der Waals surface area contributed by atoms with Crippen LogP contribution in [-0.4, -0.2) is 69.4 Å². The Morgan fingerprint density at radius 1 is 1.12 bits per heavy atom. The van der Waals surface area contributed by atoms with Gasteiger partial charge in [-0.3, -0.25) is 9.59 Å². The molecule has 182 valence electrons. The first kappa shape index (κ1) is 24.2. The molecular formula is C24H29N3O6S. The zero-order valence-corrected chi connectivity index (χ0v) is 20.1. The molecular weight excluding hydrogens is 458 g/mol. The molecule has 2 aromatic carbocycles. The maximum atomic E-state index is 13.1. The normalized spacial score (nSPS) is 18.8. The van der Waals surface area contributed by atoms with Crippen LogP contribution in [0.4, 0.5) is 5.69 Å². The van der Waals surface area contributed by atoms with Gasteiger partial charge in [0.25, 0.3) is 0 Å². The third kappa shape index (κ3) is 4.94. The zero-order chi connectivity index (χ0) is 24.3. The highest BCUT2D eigenvalue weighted by Gasteiger charge is 2.31. The summed E-state index contributed by atoms with van der Waals surface area (Å²) in [5.74, 6) is -0.0857. The predicted molar refractivity (Wildman–Crippen MR) is 126 cm³/mol. The SMILES string of the molecule is COc1ccc(S(=O)(=O)N2CCOCC2)cc1NC(=O)CC1c2ccccc2CCN1C(C)=O. The molecule has 2 aliphatic heterocycles. The van der Waals surface area contributed by atoms with Crippen LogP contribution in [0.2, 0.25) is 0 Å². The number of carbonyl (C=O) groups excluding carboxylic acids is 2. The van der Waals surface area contributed by atoms with E-state index in [0.717, 1.165) is 17.5 Å². The molecule has 0 spiro atoms. The van der Waals surface area contributed by atoms with Crippen molar-refractivity contribution in [3.05, 3.63) is 53.6 Å². The number of hydrogen-bond donors (Lipinski definition) is 1. The van der Waals surface area contributed by atoms with Gasteiger partial charge >= 0.3 is 0 Å². The molecule has 10 heteroatoms. The number of benzene rings is 2. The summed E-state index contributed by atoms with van der Waals surface area (Å²) in [7, 11) is -2.28. The van der Waals surface area contributed by atoms with E-state index in [0.29, 0.717) is 25.5 Å². The Bertz CT molecular complexity index is 1180. The molecule has 2 amide bonds. The van der Waals surface area contributed by atoms with Gasteiger partial charge in [-0.1, -0.05) is 24.3 Å². The Kier molecular flexibility index (Phi) is 7.20. The highest BCUT2D eigenvalue weighted by Crippen LogP contribution is 2.34. The van der Waals surface area contributed by atoms with Gasteiger partial charge in [-0.2, -0.15) is 4.31 Å². The number of carbonyl (C=O) groups is 2. The molecule has 34 heavy (non-hydrogen) atoms. The smallest absolute Gasteiger partial charge is 0.243 e.